The molecule has 22 heavy (non-hydrogen) atoms. The number of hydrogen-bond donors (Lipinski definition) is 1. The number of carbonyl (C=O) groups is 1. The van der Waals surface area contributed by atoms with Gasteiger partial charge in [0.25, 0.3) is 0 Å². The van der Waals surface area contributed by atoms with Crippen LogP contribution in [0.3, 0.4) is 0 Å². The summed E-state index contributed by atoms with van der Waals surface area (Å²) in [6.07, 6.45) is 1.23. The normalized spacial score (nSPS) is 15.8. The Morgan fingerprint density at radius 3 is 2.59 bits per heavy atom. The van der Waals surface area contributed by atoms with Gasteiger partial charge in [-0.3, -0.25) is 4.90 Å². The molecule has 1 aromatic carbocycles. The van der Waals surface area contributed by atoms with Gasteiger partial charge in [0.15, 0.2) is 0 Å². The summed E-state index contributed by atoms with van der Waals surface area (Å²) >= 11 is 6.04. The molecule has 5 nitrogen and oxygen atoms in total. The van der Waals surface area contributed by atoms with Crippen LogP contribution < -0.4 is 10.6 Å². The summed E-state index contributed by atoms with van der Waals surface area (Å²) < 4.78 is 5.45. The number of amides is 1. The zero-order valence-electron chi connectivity index (χ0n) is 13.0. The molecule has 1 aromatic rings. The van der Waals surface area contributed by atoms with Gasteiger partial charge in [-0.25, -0.2) is 4.79 Å². The Balaban J connectivity index is 2.33. The van der Waals surface area contributed by atoms with E-state index in [1.54, 1.807) is 39.0 Å². The molecule has 1 fully saturated rings. The first kappa shape index (κ1) is 16.6. The number of nitriles is 1. The van der Waals surface area contributed by atoms with Gasteiger partial charge >= 0.3 is 6.09 Å². The van der Waals surface area contributed by atoms with Crippen molar-refractivity contribution >= 4 is 23.4 Å². The average molecular weight is 322 g/mol. The number of carbonyl (C=O) groups excluding carboxylic acids is 1. The van der Waals surface area contributed by atoms with Crippen molar-refractivity contribution in [2.24, 2.45) is 5.73 Å². The SMILES string of the molecule is CC(C)(C)OC(=O)N(CC1(N)CC1)c1cc(Cl)cc(C#N)c1. The Bertz CT molecular complexity index is 627. The van der Waals surface area contributed by atoms with Crippen LogP contribution in [0.2, 0.25) is 5.02 Å². The first-order valence-electron chi connectivity index (χ1n) is 7.12. The Hall–Kier alpha value is -1.77. The fourth-order valence-corrected chi connectivity index (χ4v) is 2.24. The zero-order chi connectivity index (χ0) is 16.5. The predicted octanol–water partition coefficient (Wildman–Crippen LogP) is 3.44. The molecule has 1 aliphatic rings. The van der Waals surface area contributed by atoms with Crippen LogP contribution in [0.15, 0.2) is 18.2 Å². The van der Waals surface area contributed by atoms with E-state index in [-0.39, 0.29) is 5.54 Å². The number of nitrogens with two attached hydrogens (primary N) is 1. The van der Waals surface area contributed by atoms with E-state index in [1.807, 2.05) is 6.07 Å². The Morgan fingerprint density at radius 1 is 1.45 bits per heavy atom. The molecule has 2 rings (SSSR count). The Kier molecular flexibility index (Phi) is 4.37. The largest absolute Gasteiger partial charge is 0.443 e. The van der Waals surface area contributed by atoms with Crippen LogP contribution in [-0.2, 0) is 4.74 Å². The molecule has 0 heterocycles. The van der Waals surface area contributed by atoms with Gasteiger partial charge in [0.2, 0.25) is 0 Å². The van der Waals surface area contributed by atoms with Gasteiger partial charge in [0.05, 0.1) is 11.6 Å². The van der Waals surface area contributed by atoms with Crippen LogP contribution >= 0.6 is 11.6 Å². The highest BCUT2D eigenvalue weighted by Gasteiger charge is 2.42. The monoisotopic (exact) mass is 321 g/mol. The third-order valence-corrected chi connectivity index (χ3v) is 3.52. The standard InChI is InChI=1S/C16H20ClN3O2/c1-15(2,3)22-14(21)20(10-16(19)4-5-16)13-7-11(9-18)6-12(17)8-13/h6-8H,4-5,10,19H2,1-3H3. The highest BCUT2D eigenvalue weighted by molar-refractivity contribution is 6.31. The second-order valence-electron chi connectivity index (χ2n) is 6.74. The van der Waals surface area contributed by atoms with Crippen LogP contribution in [0.5, 0.6) is 0 Å². The minimum Gasteiger partial charge on any atom is -0.443 e. The van der Waals surface area contributed by atoms with Crippen molar-refractivity contribution in [2.45, 2.75) is 44.8 Å². The maximum Gasteiger partial charge on any atom is 0.414 e. The van der Waals surface area contributed by atoms with E-state index in [9.17, 15) is 4.79 Å². The van der Waals surface area contributed by atoms with Gasteiger partial charge in [-0.15, -0.1) is 0 Å². The topological polar surface area (TPSA) is 79.3 Å². The molecule has 0 radical (unpaired) electrons. The van der Waals surface area contributed by atoms with Crippen molar-refractivity contribution in [3.05, 3.63) is 28.8 Å². The van der Waals surface area contributed by atoms with Crippen molar-refractivity contribution in [2.75, 3.05) is 11.4 Å². The maximum atomic E-state index is 12.5. The zero-order valence-corrected chi connectivity index (χ0v) is 13.8. The molecule has 0 saturated heterocycles. The molecule has 0 aliphatic heterocycles. The lowest BCUT2D eigenvalue weighted by Crippen LogP contribution is -2.45. The molecule has 0 unspecified atom stereocenters. The molecule has 2 N–H and O–H groups in total. The summed E-state index contributed by atoms with van der Waals surface area (Å²) in [4.78, 5) is 14.0. The van der Waals surface area contributed by atoms with Crippen LogP contribution in [-0.4, -0.2) is 23.8 Å². The van der Waals surface area contributed by atoms with E-state index < -0.39 is 11.7 Å². The fourth-order valence-electron chi connectivity index (χ4n) is 2.01. The molecule has 1 saturated carbocycles. The van der Waals surface area contributed by atoms with E-state index in [0.29, 0.717) is 22.8 Å². The fraction of sp³-hybridized carbons (Fsp3) is 0.500. The van der Waals surface area contributed by atoms with Crippen molar-refractivity contribution in [3.63, 3.8) is 0 Å². The number of halogens is 1. The highest BCUT2D eigenvalue weighted by atomic mass is 35.5. The van der Waals surface area contributed by atoms with Gasteiger partial charge in [0.1, 0.15) is 5.60 Å². The van der Waals surface area contributed by atoms with Crippen molar-refractivity contribution in [3.8, 4) is 6.07 Å². The number of hydrogen-bond acceptors (Lipinski definition) is 4. The number of ether oxygens (including phenoxy) is 1. The third-order valence-electron chi connectivity index (χ3n) is 3.30. The molecule has 6 heteroatoms. The number of nitrogens with zero attached hydrogens (tertiary/aromatic N) is 2. The molecule has 1 amide bonds. The van der Waals surface area contributed by atoms with Gasteiger partial charge < -0.3 is 10.5 Å². The highest BCUT2D eigenvalue weighted by Crippen LogP contribution is 2.35. The van der Waals surface area contributed by atoms with E-state index in [4.69, 9.17) is 27.3 Å². The van der Waals surface area contributed by atoms with Crippen LogP contribution in [0, 0.1) is 11.3 Å². The smallest absolute Gasteiger partial charge is 0.414 e. The van der Waals surface area contributed by atoms with Gasteiger partial charge in [-0.05, 0) is 51.8 Å². The Morgan fingerprint density at radius 2 is 2.09 bits per heavy atom. The lowest BCUT2D eigenvalue weighted by molar-refractivity contribution is 0.0577. The summed E-state index contributed by atoms with van der Waals surface area (Å²) in [6.45, 7) is 5.75. The lowest BCUT2D eigenvalue weighted by atomic mass is 10.1. The van der Waals surface area contributed by atoms with Crippen LogP contribution in [0.25, 0.3) is 0 Å². The number of rotatable bonds is 3. The van der Waals surface area contributed by atoms with Crippen molar-refractivity contribution in [1.82, 2.24) is 0 Å². The molecule has 1 aliphatic carbocycles. The lowest BCUT2D eigenvalue weighted by Gasteiger charge is -2.29. The van der Waals surface area contributed by atoms with E-state index >= 15 is 0 Å². The molecule has 0 spiro atoms. The molecule has 0 aromatic heterocycles. The number of anilines is 1. The molecule has 0 bridgehead atoms. The summed E-state index contributed by atoms with van der Waals surface area (Å²) in [6, 6.07) is 6.83. The van der Waals surface area contributed by atoms with Gasteiger partial charge in [-0.2, -0.15) is 5.26 Å². The number of benzene rings is 1. The van der Waals surface area contributed by atoms with E-state index in [0.717, 1.165) is 12.8 Å². The molecular weight excluding hydrogens is 302 g/mol. The first-order chi connectivity index (χ1) is 10.1. The maximum absolute atomic E-state index is 12.5. The van der Waals surface area contributed by atoms with Crippen LogP contribution in [0.1, 0.15) is 39.2 Å². The quantitative estimate of drug-likeness (QED) is 0.924. The van der Waals surface area contributed by atoms with Crippen molar-refractivity contribution in [1.29, 1.82) is 5.26 Å². The molecular formula is C16H20ClN3O2. The minimum absolute atomic E-state index is 0.340. The Labute approximate surface area is 135 Å². The molecule has 118 valence electrons. The second-order valence-corrected chi connectivity index (χ2v) is 7.18. The van der Waals surface area contributed by atoms with E-state index in [2.05, 4.69) is 0 Å². The summed E-state index contributed by atoms with van der Waals surface area (Å²) in [7, 11) is 0. The van der Waals surface area contributed by atoms with Gasteiger partial charge in [-0.1, -0.05) is 11.6 Å². The third kappa shape index (κ3) is 4.36. The minimum atomic E-state index is -0.614. The predicted molar refractivity (Wildman–Crippen MR) is 85.9 cm³/mol. The van der Waals surface area contributed by atoms with Crippen LogP contribution in [0.4, 0.5) is 10.5 Å². The first-order valence-corrected chi connectivity index (χ1v) is 7.50. The van der Waals surface area contributed by atoms with Gasteiger partial charge in [0, 0.05) is 22.8 Å². The van der Waals surface area contributed by atoms with E-state index in [1.165, 1.54) is 4.90 Å². The average Bonchev–Trinajstić information content (AvgIpc) is 3.11. The molecule has 0 atom stereocenters. The second kappa shape index (κ2) is 5.79. The van der Waals surface area contributed by atoms with Crippen molar-refractivity contribution < 1.29 is 9.53 Å². The summed E-state index contributed by atoms with van der Waals surface area (Å²) in [5.41, 5.74) is 6.06. The summed E-state index contributed by atoms with van der Waals surface area (Å²) in [5.74, 6) is 0. The summed E-state index contributed by atoms with van der Waals surface area (Å²) in [5, 5.41) is 9.46.